The Kier molecular flexibility index (Phi) is 9.14. The van der Waals surface area contributed by atoms with Crippen LogP contribution in [-0.4, -0.2) is 27.9 Å². The zero-order valence-corrected chi connectivity index (χ0v) is 10.0. The van der Waals surface area contributed by atoms with Crippen LogP contribution in [0.2, 0.25) is 5.21 Å². The molecule has 72 valence electrons. The first kappa shape index (κ1) is 12.0. The summed E-state index contributed by atoms with van der Waals surface area (Å²) in [6.45, 7) is 0. The van der Waals surface area contributed by atoms with Crippen molar-refractivity contribution in [2.75, 3.05) is 0 Å². The van der Waals surface area contributed by atoms with E-state index in [-0.39, 0.29) is 0 Å². The van der Waals surface area contributed by atoms with Gasteiger partial charge in [0, 0.05) is 0 Å². The van der Waals surface area contributed by atoms with E-state index in [2.05, 4.69) is 0 Å². The van der Waals surface area contributed by atoms with E-state index in [1.807, 2.05) is 16.9 Å². The summed E-state index contributed by atoms with van der Waals surface area (Å²) in [6.07, 6.45) is 7.44. The molecule has 0 spiro atoms. The van der Waals surface area contributed by atoms with E-state index < -0.39 is 5.97 Å². The average molecular weight is 234 g/mol. The molecule has 2 nitrogen and oxygen atoms in total. The molecule has 0 saturated carbocycles. The first-order chi connectivity index (χ1) is 5.77. The van der Waals surface area contributed by atoms with Gasteiger partial charge < -0.3 is 0 Å². The summed E-state index contributed by atoms with van der Waals surface area (Å²) in [5.74, 6) is -0.661. The third kappa shape index (κ3) is 10.0. The Bertz CT molecular complexity index is 115. The predicted molar refractivity (Wildman–Crippen MR) is 53.3 cm³/mol. The molecule has 0 rings (SSSR count). The molecule has 0 aliphatic heterocycles. The van der Waals surface area contributed by atoms with Gasteiger partial charge in [-0.05, 0) is 0 Å². The zero-order chi connectivity index (χ0) is 9.23. The first-order valence-corrected chi connectivity index (χ1v) is 6.40. The van der Waals surface area contributed by atoms with Crippen molar-refractivity contribution in [3.63, 3.8) is 0 Å². The van der Waals surface area contributed by atoms with Crippen molar-refractivity contribution < 1.29 is 9.90 Å². The second-order valence-electron chi connectivity index (χ2n) is 3.05. The molecule has 0 fully saturated rings. The van der Waals surface area contributed by atoms with Crippen LogP contribution in [0, 0.1) is 0 Å². The quantitative estimate of drug-likeness (QED) is 0.514. The molecule has 0 amide bonds. The molecule has 0 aliphatic carbocycles. The third-order valence-electron chi connectivity index (χ3n) is 1.84. The molecule has 0 radical (unpaired) electrons. The second kappa shape index (κ2) is 9.12. The van der Waals surface area contributed by atoms with Gasteiger partial charge in [0.15, 0.2) is 0 Å². The van der Waals surface area contributed by atoms with Crippen molar-refractivity contribution in [2.45, 2.75) is 50.2 Å². The van der Waals surface area contributed by atoms with Crippen LogP contribution in [0.15, 0.2) is 0 Å². The van der Waals surface area contributed by atoms with E-state index in [4.69, 9.17) is 5.11 Å². The molecule has 0 aliphatic rings. The van der Waals surface area contributed by atoms with Gasteiger partial charge in [0.25, 0.3) is 0 Å². The summed E-state index contributed by atoms with van der Waals surface area (Å²) < 4.78 is 0. The number of hydrogen-bond acceptors (Lipinski definition) is 1. The SMILES string of the molecule is O=C(O)CCCCCCCC[AsH2]. The van der Waals surface area contributed by atoms with Gasteiger partial charge >= 0.3 is 82.9 Å². The Morgan fingerprint density at radius 3 is 2.00 bits per heavy atom. The minimum atomic E-state index is -0.661. The molecule has 1 unspecified atom stereocenters. The molecule has 0 aromatic heterocycles. The van der Waals surface area contributed by atoms with E-state index >= 15 is 0 Å². The molecule has 12 heavy (non-hydrogen) atoms. The van der Waals surface area contributed by atoms with Crippen LogP contribution >= 0.6 is 0 Å². The van der Waals surface area contributed by atoms with Crippen LogP contribution in [0.4, 0.5) is 0 Å². The van der Waals surface area contributed by atoms with Crippen LogP contribution in [-0.2, 0) is 4.79 Å². The van der Waals surface area contributed by atoms with E-state index in [0.717, 1.165) is 12.8 Å². The third-order valence-corrected chi connectivity index (χ3v) is 2.70. The standard InChI is InChI=1S/C9H19AsO2/c10-8-6-4-2-1-3-5-7-9(11)12/h1-8,10H2,(H,11,12). The number of unbranched alkanes of at least 4 members (excludes halogenated alkanes) is 5. The number of rotatable bonds is 8. The zero-order valence-electron chi connectivity index (χ0n) is 7.59. The number of hydrogen-bond donors (Lipinski definition) is 1. The van der Waals surface area contributed by atoms with Crippen molar-refractivity contribution in [3.8, 4) is 0 Å². The summed E-state index contributed by atoms with van der Waals surface area (Å²) in [6, 6.07) is 0. The normalized spacial score (nSPS) is 10.1. The fourth-order valence-corrected chi connectivity index (χ4v) is 1.73. The van der Waals surface area contributed by atoms with Crippen LogP contribution in [0.3, 0.4) is 0 Å². The Morgan fingerprint density at radius 1 is 1.00 bits per heavy atom. The molecule has 3 heteroatoms. The van der Waals surface area contributed by atoms with Gasteiger partial charge in [-0.25, -0.2) is 0 Å². The van der Waals surface area contributed by atoms with Crippen LogP contribution in [0.25, 0.3) is 0 Å². The molecule has 0 saturated heterocycles. The molecular weight excluding hydrogens is 215 g/mol. The summed E-state index contributed by atoms with van der Waals surface area (Å²) >= 11 is 1.81. The van der Waals surface area contributed by atoms with Gasteiger partial charge in [0.05, 0.1) is 0 Å². The Balaban J connectivity index is 2.86. The fourth-order valence-electron chi connectivity index (χ4n) is 1.13. The van der Waals surface area contributed by atoms with Crippen LogP contribution < -0.4 is 0 Å². The Hall–Kier alpha value is 0.0284. The van der Waals surface area contributed by atoms with Crippen LogP contribution in [0.5, 0.6) is 0 Å². The number of carbonyl (C=O) groups is 1. The van der Waals surface area contributed by atoms with E-state index in [1.165, 1.54) is 30.9 Å². The van der Waals surface area contributed by atoms with E-state index in [0.29, 0.717) is 6.42 Å². The van der Waals surface area contributed by atoms with Gasteiger partial charge in [-0.3, -0.25) is 0 Å². The molecule has 1 atom stereocenters. The van der Waals surface area contributed by atoms with Crippen molar-refractivity contribution in [2.24, 2.45) is 0 Å². The minimum absolute atomic E-state index is 0.344. The summed E-state index contributed by atoms with van der Waals surface area (Å²) in [4.78, 5) is 10.1. The molecule has 0 heterocycles. The Labute approximate surface area is 83.2 Å². The summed E-state index contributed by atoms with van der Waals surface area (Å²) in [7, 11) is 0. The number of carboxylic acid groups (broad SMARTS) is 1. The van der Waals surface area contributed by atoms with Crippen molar-refractivity contribution in [1.82, 2.24) is 0 Å². The topological polar surface area (TPSA) is 37.3 Å². The maximum absolute atomic E-state index is 10.1. The first-order valence-electron chi connectivity index (χ1n) is 4.69. The monoisotopic (exact) mass is 234 g/mol. The molecule has 0 aromatic carbocycles. The van der Waals surface area contributed by atoms with E-state index in [1.54, 1.807) is 0 Å². The molecule has 1 N–H and O–H groups in total. The van der Waals surface area contributed by atoms with Crippen molar-refractivity contribution >= 4 is 22.8 Å². The maximum atomic E-state index is 10.1. The second-order valence-corrected chi connectivity index (χ2v) is 4.27. The average Bonchev–Trinajstić information content (AvgIpc) is 2.02. The number of carboxylic acids is 1. The van der Waals surface area contributed by atoms with Crippen molar-refractivity contribution in [3.05, 3.63) is 0 Å². The molecular formula is C9H19AsO2. The molecule has 0 bridgehead atoms. The van der Waals surface area contributed by atoms with Gasteiger partial charge in [-0.2, -0.15) is 0 Å². The predicted octanol–water partition coefficient (Wildman–Crippen LogP) is 1.85. The summed E-state index contributed by atoms with van der Waals surface area (Å²) in [5, 5.41) is 9.69. The van der Waals surface area contributed by atoms with Gasteiger partial charge in [0.2, 0.25) is 0 Å². The van der Waals surface area contributed by atoms with Gasteiger partial charge in [0.1, 0.15) is 0 Å². The molecule has 0 aromatic rings. The fraction of sp³-hybridized carbons (Fsp3) is 0.889. The van der Waals surface area contributed by atoms with Gasteiger partial charge in [-0.1, -0.05) is 0 Å². The van der Waals surface area contributed by atoms with Gasteiger partial charge in [-0.15, -0.1) is 0 Å². The number of aliphatic carboxylic acids is 1. The van der Waals surface area contributed by atoms with Crippen molar-refractivity contribution in [1.29, 1.82) is 0 Å². The summed E-state index contributed by atoms with van der Waals surface area (Å²) in [5.41, 5.74) is 0. The Morgan fingerprint density at radius 2 is 1.50 bits per heavy atom. The van der Waals surface area contributed by atoms with Crippen LogP contribution in [0.1, 0.15) is 44.9 Å². The van der Waals surface area contributed by atoms with E-state index in [9.17, 15) is 4.79 Å².